The number of aliphatic hydroxyl groups excluding tert-OH is 1. The zero-order valence-corrected chi connectivity index (χ0v) is 20.3. The first-order valence-corrected chi connectivity index (χ1v) is 12.5. The van der Waals surface area contributed by atoms with Crippen LogP contribution >= 0.6 is 11.3 Å². The summed E-state index contributed by atoms with van der Waals surface area (Å²) in [6.07, 6.45) is 0.179. The van der Waals surface area contributed by atoms with Crippen LogP contribution in [0.1, 0.15) is 28.1 Å². The smallest absolute Gasteiger partial charge is 0.237 e. The van der Waals surface area contributed by atoms with Crippen molar-refractivity contribution >= 4 is 17.2 Å². The van der Waals surface area contributed by atoms with Gasteiger partial charge in [-0.2, -0.15) is 0 Å². The lowest BCUT2D eigenvalue weighted by Crippen LogP contribution is -2.47. The molecule has 2 heterocycles. The molecule has 0 bridgehead atoms. The minimum absolute atomic E-state index is 0.0369. The van der Waals surface area contributed by atoms with Gasteiger partial charge in [-0.15, -0.1) is 11.3 Å². The fourth-order valence-corrected chi connectivity index (χ4v) is 5.26. The summed E-state index contributed by atoms with van der Waals surface area (Å²) in [4.78, 5) is 18.8. The van der Waals surface area contributed by atoms with Crippen LogP contribution in [-0.2, 0) is 16.0 Å². The van der Waals surface area contributed by atoms with Crippen LogP contribution in [0.25, 0.3) is 0 Å². The number of amides is 1. The van der Waals surface area contributed by atoms with E-state index in [2.05, 4.69) is 11.4 Å². The van der Waals surface area contributed by atoms with Crippen molar-refractivity contribution in [3.63, 3.8) is 0 Å². The first-order chi connectivity index (χ1) is 16.7. The van der Waals surface area contributed by atoms with Crippen LogP contribution in [0.2, 0.25) is 0 Å². The van der Waals surface area contributed by atoms with E-state index in [0.29, 0.717) is 32.8 Å². The Labute approximate surface area is 205 Å². The van der Waals surface area contributed by atoms with E-state index in [1.165, 1.54) is 10.4 Å². The first-order valence-electron chi connectivity index (χ1n) is 11.6. The van der Waals surface area contributed by atoms with Crippen LogP contribution in [0.5, 0.6) is 5.75 Å². The van der Waals surface area contributed by atoms with Crippen LogP contribution in [0.15, 0.2) is 72.1 Å². The molecule has 0 spiro atoms. The van der Waals surface area contributed by atoms with Crippen molar-refractivity contribution in [2.75, 3.05) is 46.5 Å². The average Bonchev–Trinajstić information content (AvgIpc) is 3.36. The maximum absolute atomic E-state index is 13.6. The lowest BCUT2D eigenvalue weighted by atomic mass is 10.0. The van der Waals surface area contributed by atoms with E-state index in [9.17, 15) is 9.90 Å². The highest BCUT2D eigenvalue weighted by Crippen LogP contribution is 2.34. The summed E-state index contributed by atoms with van der Waals surface area (Å²) in [5.41, 5.74) is 2.01. The van der Waals surface area contributed by atoms with Gasteiger partial charge in [-0.05, 0) is 41.1 Å². The highest BCUT2D eigenvalue weighted by atomic mass is 32.1. The molecule has 2 atom stereocenters. The molecule has 7 heteroatoms. The van der Waals surface area contributed by atoms with Gasteiger partial charge in [0.1, 0.15) is 12.4 Å². The van der Waals surface area contributed by atoms with Gasteiger partial charge in [0.25, 0.3) is 0 Å². The Kier molecular flexibility index (Phi) is 8.71. The summed E-state index contributed by atoms with van der Waals surface area (Å²) < 4.78 is 11.3. The number of hydrogen-bond acceptors (Lipinski definition) is 6. The summed E-state index contributed by atoms with van der Waals surface area (Å²) in [6, 6.07) is 21.2. The number of carbonyl (C=O) groups is 1. The number of thiophene rings is 1. The molecule has 180 valence electrons. The number of carbonyl (C=O) groups excluding carboxylic acids is 1. The number of nitrogens with zero attached hydrogens (tertiary/aromatic N) is 2. The average molecular weight is 481 g/mol. The fourth-order valence-electron chi connectivity index (χ4n) is 4.33. The predicted molar refractivity (Wildman–Crippen MR) is 134 cm³/mol. The van der Waals surface area contributed by atoms with Crippen LogP contribution in [0.3, 0.4) is 0 Å². The minimum atomic E-state index is -0.673. The van der Waals surface area contributed by atoms with Crippen LogP contribution in [0.4, 0.5) is 0 Å². The number of benzene rings is 2. The van der Waals surface area contributed by atoms with Crippen LogP contribution < -0.4 is 4.74 Å². The fraction of sp³-hybridized carbons (Fsp3) is 0.370. The summed E-state index contributed by atoms with van der Waals surface area (Å²) in [5, 5.41) is 12.8. The Hall–Kier alpha value is -2.71. The van der Waals surface area contributed by atoms with E-state index < -0.39 is 6.10 Å². The van der Waals surface area contributed by atoms with Gasteiger partial charge in [0.15, 0.2) is 0 Å². The monoisotopic (exact) mass is 480 g/mol. The van der Waals surface area contributed by atoms with Crippen molar-refractivity contribution in [1.29, 1.82) is 0 Å². The number of aliphatic hydroxyl groups is 1. The molecule has 2 aromatic carbocycles. The molecule has 0 saturated heterocycles. The third kappa shape index (κ3) is 6.24. The van der Waals surface area contributed by atoms with Gasteiger partial charge in [0.2, 0.25) is 5.91 Å². The summed E-state index contributed by atoms with van der Waals surface area (Å²) in [7, 11) is 1.65. The first kappa shape index (κ1) is 24.4. The SMILES string of the molecule is COCCN(CC(=O)N1CCc2sccc2C1COc1ccccc1)CC(O)c1ccccc1. The molecule has 1 amide bonds. The zero-order chi connectivity index (χ0) is 23.8. The normalized spacial score (nSPS) is 16.3. The Morgan fingerprint density at radius 2 is 1.88 bits per heavy atom. The summed E-state index contributed by atoms with van der Waals surface area (Å²) in [6.45, 7) is 2.70. The maximum Gasteiger partial charge on any atom is 0.237 e. The summed E-state index contributed by atoms with van der Waals surface area (Å²) in [5.74, 6) is 0.833. The van der Waals surface area contributed by atoms with Gasteiger partial charge >= 0.3 is 0 Å². The number of hydrogen-bond donors (Lipinski definition) is 1. The lowest BCUT2D eigenvalue weighted by molar-refractivity contribution is -0.136. The van der Waals surface area contributed by atoms with Crippen molar-refractivity contribution in [1.82, 2.24) is 9.80 Å². The maximum atomic E-state index is 13.6. The van der Waals surface area contributed by atoms with Crippen molar-refractivity contribution in [2.45, 2.75) is 18.6 Å². The van der Waals surface area contributed by atoms with Gasteiger partial charge in [0.05, 0.1) is 25.3 Å². The number of ether oxygens (including phenoxy) is 2. The van der Waals surface area contributed by atoms with Crippen LogP contribution in [0, 0.1) is 0 Å². The molecule has 2 unspecified atom stereocenters. The predicted octanol–water partition coefficient (Wildman–Crippen LogP) is 3.93. The molecule has 4 rings (SSSR count). The Balaban J connectivity index is 1.46. The second-order valence-electron chi connectivity index (χ2n) is 8.43. The van der Waals surface area contributed by atoms with E-state index in [4.69, 9.17) is 9.47 Å². The van der Waals surface area contributed by atoms with Gasteiger partial charge in [-0.3, -0.25) is 9.69 Å². The van der Waals surface area contributed by atoms with E-state index in [-0.39, 0.29) is 18.5 Å². The van der Waals surface area contributed by atoms with Crippen molar-refractivity contribution in [3.8, 4) is 5.75 Å². The van der Waals surface area contributed by atoms with Gasteiger partial charge < -0.3 is 19.5 Å². The molecule has 1 aliphatic heterocycles. The lowest BCUT2D eigenvalue weighted by Gasteiger charge is -2.37. The molecule has 0 aliphatic carbocycles. The standard InChI is InChI=1S/C27H32N2O4S/c1-32-16-15-28(18-25(30)21-8-4-2-5-9-21)19-27(31)29-14-12-26-23(13-17-34-26)24(29)20-33-22-10-6-3-7-11-22/h2-11,13,17,24-25,30H,12,14-16,18-20H2,1H3. The van der Waals surface area contributed by atoms with E-state index in [0.717, 1.165) is 17.7 Å². The van der Waals surface area contributed by atoms with E-state index in [1.54, 1.807) is 18.4 Å². The third-order valence-corrected chi connectivity index (χ3v) is 7.15. The molecular formula is C27H32N2O4S. The second kappa shape index (κ2) is 12.1. The Bertz CT molecular complexity index is 1030. The van der Waals surface area contributed by atoms with E-state index >= 15 is 0 Å². The van der Waals surface area contributed by atoms with Crippen LogP contribution in [-0.4, -0.2) is 67.3 Å². The molecule has 3 aromatic rings. The quantitative estimate of drug-likeness (QED) is 0.451. The molecular weight excluding hydrogens is 448 g/mol. The highest BCUT2D eigenvalue weighted by Gasteiger charge is 2.33. The number of para-hydroxylation sites is 1. The number of fused-ring (bicyclic) bond motifs is 1. The number of rotatable bonds is 11. The van der Waals surface area contributed by atoms with Crippen molar-refractivity contribution in [3.05, 3.63) is 88.1 Å². The summed E-state index contributed by atoms with van der Waals surface area (Å²) >= 11 is 1.74. The second-order valence-corrected chi connectivity index (χ2v) is 9.43. The molecule has 0 radical (unpaired) electrons. The van der Waals surface area contributed by atoms with E-state index in [1.807, 2.05) is 70.5 Å². The Morgan fingerprint density at radius 3 is 2.62 bits per heavy atom. The molecule has 6 nitrogen and oxygen atoms in total. The van der Waals surface area contributed by atoms with Gasteiger partial charge in [0, 0.05) is 31.6 Å². The molecule has 1 aromatic heterocycles. The van der Waals surface area contributed by atoms with Gasteiger partial charge in [-0.1, -0.05) is 48.5 Å². The largest absolute Gasteiger partial charge is 0.491 e. The minimum Gasteiger partial charge on any atom is -0.491 e. The highest BCUT2D eigenvalue weighted by molar-refractivity contribution is 7.10. The van der Waals surface area contributed by atoms with Crippen molar-refractivity contribution < 1.29 is 19.4 Å². The topological polar surface area (TPSA) is 62.2 Å². The third-order valence-electron chi connectivity index (χ3n) is 6.15. The molecule has 34 heavy (non-hydrogen) atoms. The molecule has 0 saturated carbocycles. The number of methoxy groups -OCH3 is 1. The molecule has 1 N–H and O–H groups in total. The molecule has 1 aliphatic rings. The van der Waals surface area contributed by atoms with Gasteiger partial charge in [-0.25, -0.2) is 0 Å². The Morgan fingerprint density at radius 1 is 1.15 bits per heavy atom. The van der Waals surface area contributed by atoms with Crippen molar-refractivity contribution in [2.24, 2.45) is 0 Å². The molecule has 0 fully saturated rings. The zero-order valence-electron chi connectivity index (χ0n) is 19.5.